The molecule has 0 saturated heterocycles. The molecule has 3 rings (SSSR count). The molecule has 0 atom stereocenters. The first-order valence-electron chi connectivity index (χ1n) is 8.75. The predicted octanol–water partition coefficient (Wildman–Crippen LogP) is 4.91. The lowest BCUT2D eigenvalue weighted by Crippen LogP contribution is -2.29. The zero-order valence-electron chi connectivity index (χ0n) is 14.5. The number of aromatic nitrogens is 1. The summed E-state index contributed by atoms with van der Waals surface area (Å²) >= 11 is 3.11. The van der Waals surface area contributed by atoms with Crippen molar-refractivity contribution >= 4 is 33.3 Å². The normalized spacial score (nSPS) is 14.9. The quantitative estimate of drug-likeness (QED) is 0.692. The molecule has 27 heavy (non-hydrogen) atoms. The topological polar surface area (TPSA) is 71.3 Å². The Balaban J connectivity index is 1.99. The fourth-order valence-corrected chi connectivity index (χ4v) is 3.76. The van der Waals surface area contributed by atoms with Crippen LogP contribution in [0.4, 0.5) is 20.2 Å². The summed E-state index contributed by atoms with van der Waals surface area (Å²) < 4.78 is 30.4. The van der Waals surface area contributed by atoms with E-state index in [1.54, 1.807) is 0 Å². The molecule has 1 aromatic heterocycles. The SMILES string of the molecule is O=C(O)c1cn(CC2CCCCC2)c(=O)c(F)c1Nc1ccc(Br)cc1F. The molecule has 0 aliphatic heterocycles. The average molecular weight is 441 g/mol. The van der Waals surface area contributed by atoms with Crippen LogP contribution in [0.3, 0.4) is 0 Å². The molecule has 1 heterocycles. The smallest absolute Gasteiger partial charge is 0.339 e. The Kier molecular flexibility index (Phi) is 5.94. The van der Waals surface area contributed by atoms with E-state index >= 15 is 0 Å². The van der Waals surface area contributed by atoms with Gasteiger partial charge in [-0.1, -0.05) is 35.2 Å². The van der Waals surface area contributed by atoms with Crippen molar-refractivity contribution in [2.45, 2.75) is 38.6 Å². The highest BCUT2D eigenvalue weighted by Gasteiger charge is 2.23. The molecule has 1 aromatic carbocycles. The summed E-state index contributed by atoms with van der Waals surface area (Å²) in [6.45, 7) is 0.281. The second-order valence-electron chi connectivity index (χ2n) is 6.75. The van der Waals surface area contributed by atoms with E-state index in [4.69, 9.17) is 0 Å². The van der Waals surface area contributed by atoms with Crippen LogP contribution in [-0.2, 0) is 6.54 Å². The number of nitrogens with zero attached hydrogens (tertiary/aromatic N) is 1. The van der Waals surface area contributed by atoms with Gasteiger partial charge in [-0.3, -0.25) is 4.79 Å². The highest BCUT2D eigenvalue weighted by Crippen LogP contribution is 2.28. The van der Waals surface area contributed by atoms with E-state index in [0.717, 1.165) is 48.9 Å². The highest BCUT2D eigenvalue weighted by atomic mass is 79.9. The maximum Gasteiger partial charge on any atom is 0.339 e. The Morgan fingerprint density at radius 3 is 2.59 bits per heavy atom. The lowest BCUT2D eigenvalue weighted by Gasteiger charge is -2.23. The van der Waals surface area contributed by atoms with Gasteiger partial charge in [0, 0.05) is 17.2 Å². The van der Waals surface area contributed by atoms with Gasteiger partial charge in [-0.05, 0) is 37.0 Å². The average Bonchev–Trinajstić information content (AvgIpc) is 2.63. The molecule has 5 nitrogen and oxygen atoms in total. The maximum absolute atomic E-state index is 14.7. The Morgan fingerprint density at radius 2 is 1.96 bits per heavy atom. The van der Waals surface area contributed by atoms with Crippen LogP contribution in [0.2, 0.25) is 0 Å². The molecule has 144 valence electrons. The van der Waals surface area contributed by atoms with Crippen molar-refractivity contribution in [1.29, 1.82) is 0 Å². The number of carboxylic acids is 1. The number of hydrogen-bond donors (Lipinski definition) is 2. The fourth-order valence-electron chi connectivity index (χ4n) is 3.42. The molecular formula is C19H19BrF2N2O3. The standard InChI is InChI=1S/C19H19BrF2N2O3/c20-12-6-7-15(14(21)8-12)23-17-13(19(26)27)10-24(18(25)16(17)22)9-11-4-2-1-3-5-11/h6-8,10-11,23H,1-5,9H2,(H,26,27). The van der Waals surface area contributed by atoms with Gasteiger partial charge in [-0.15, -0.1) is 0 Å². The first kappa shape index (κ1) is 19.5. The number of carbonyl (C=O) groups is 1. The van der Waals surface area contributed by atoms with E-state index in [1.807, 2.05) is 0 Å². The first-order valence-corrected chi connectivity index (χ1v) is 9.54. The number of halogens is 3. The zero-order chi connectivity index (χ0) is 19.6. The molecule has 0 amide bonds. The van der Waals surface area contributed by atoms with Crippen molar-refractivity contribution in [2.75, 3.05) is 5.32 Å². The Bertz CT molecular complexity index is 924. The molecular weight excluding hydrogens is 422 g/mol. The number of rotatable bonds is 5. The van der Waals surface area contributed by atoms with Crippen LogP contribution in [0, 0.1) is 17.6 Å². The molecule has 2 aromatic rings. The third kappa shape index (κ3) is 4.37. The van der Waals surface area contributed by atoms with Crippen LogP contribution in [0.25, 0.3) is 0 Å². The fraction of sp³-hybridized carbons (Fsp3) is 0.368. The van der Waals surface area contributed by atoms with Crippen molar-refractivity contribution < 1.29 is 18.7 Å². The third-order valence-electron chi connectivity index (χ3n) is 4.82. The Labute approximate surface area is 163 Å². The molecule has 1 saturated carbocycles. The van der Waals surface area contributed by atoms with Crippen molar-refractivity contribution in [3.05, 3.63) is 56.4 Å². The number of hydrogen-bond acceptors (Lipinski definition) is 3. The summed E-state index contributed by atoms with van der Waals surface area (Å²) in [4.78, 5) is 24.1. The number of carboxylic acid groups (broad SMARTS) is 1. The van der Waals surface area contributed by atoms with Crippen molar-refractivity contribution in [2.24, 2.45) is 5.92 Å². The molecule has 1 aliphatic carbocycles. The molecule has 0 bridgehead atoms. The molecule has 0 unspecified atom stereocenters. The first-order chi connectivity index (χ1) is 12.9. The van der Waals surface area contributed by atoms with Crippen LogP contribution < -0.4 is 10.9 Å². The summed E-state index contributed by atoms with van der Waals surface area (Å²) in [5.41, 5.74) is -1.98. The van der Waals surface area contributed by atoms with Crippen molar-refractivity contribution in [3.8, 4) is 0 Å². The predicted molar refractivity (Wildman–Crippen MR) is 102 cm³/mol. The van der Waals surface area contributed by atoms with Crippen LogP contribution >= 0.6 is 15.9 Å². The minimum absolute atomic E-state index is 0.121. The number of aromatic carboxylic acids is 1. The van der Waals surface area contributed by atoms with E-state index in [9.17, 15) is 23.5 Å². The zero-order valence-corrected chi connectivity index (χ0v) is 16.1. The van der Waals surface area contributed by atoms with Crippen molar-refractivity contribution in [3.63, 3.8) is 0 Å². The molecule has 1 fully saturated rings. The summed E-state index contributed by atoms with van der Waals surface area (Å²) in [7, 11) is 0. The van der Waals surface area contributed by atoms with Gasteiger partial charge in [0.15, 0.2) is 0 Å². The largest absolute Gasteiger partial charge is 0.478 e. The number of nitrogens with one attached hydrogen (secondary N) is 1. The second kappa shape index (κ2) is 8.21. The maximum atomic E-state index is 14.7. The monoisotopic (exact) mass is 440 g/mol. The molecule has 0 radical (unpaired) electrons. The minimum Gasteiger partial charge on any atom is -0.478 e. The Hall–Kier alpha value is -2.22. The number of anilines is 2. The van der Waals surface area contributed by atoms with Gasteiger partial charge in [0.2, 0.25) is 5.82 Å². The van der Waals surface area contributed by atoms with Crippen LogP contribution in [0.1, 0.15) is 42.5 Å². The summed E-state index contributed by atoms with van der Waals surface area (Å²) in [5, 5.41) is 11.9. The van der Waals surface area contributed by atoms with Crippen LogP contribution in [-0.4, -0.2) is 15.6 Å². The highest BCUT2D eigenvalue weighted by molar-refractivity contribution is 9.10. The van der Waals surface area contributed by atoms with E-state index in [2.05, 4.69) is 21.2 Å². The van der Waals surface area contributed by atoms with Gasteiger partial charge in [-0.25, -0.2) is 9.18 Å². The van der Waals surface area contributed by atoms with E-state index < -0.39 is 34.4 Å². The molecule has 8 heteroatoms. The van der Waals surface area contributed by atoms with Gasteiger partial charge in [0.05, 0.1) is 11.4 Å². The molecule has 1 aliphatic rings. The van der Waals surface area contributed by atoms with Crippen molar-refractivity contribution in [1.82, 2.24) is 4.57 Å². The van der Waals surface area contributed by atoms with Gasteiger partial charge < -0.3 is 15.0 Å². The van der Waals surface area contributed by atoms with Gasteiger partial charge >= 0.3 is 5.97 Å². The Morgan fingerprint density at radius 1 is 1.26 bits per heavy atom. The number of pyridine rings is 1. The van der Waals surface area contributed by atoms with Crippen LogP contribution in [0.5, 0.6) is 0 Å². The van der Waals surface area contributed by atoms with E-state index in [0.29, 0.717) is 4.47 Å². The molecule has 2 N–H and O–H groups in total. The van der Waals surface area contributed by atoms with E-state index in [-0.39, 0.29) is 18.2 Å². The summed E-state index contributed by atoms with van der Waals surface area (Å²) in [5.74, 6) is -3.11. The molecule has 0 spiro atoms. The summed E-state index contributed by atoms with van der Waals surface area (Å²) in [6.07, 6.45) is 6.25. The third-order valence-corrected chi connectivity index (χ3v) is 5.32. The summed E-state index contributed by atoms with van der Waals surface area (Å²) in [6, 6.07) is 4.01. The minimum atomic E-state index is -1.40. The van der Waals surface area contributed by atoms with Gasteiger partial charge in [0.25, 0.3) is 5.56 Å². The van der Waals surface area contributed by atoms with Gasteiger partial charge in [-0.2, -0.15) is 4.39 Å². The van der Waals surface area contributed by atoms with Crippen LogP contribution in [0.15, 0.2) is 33.7 Å². The lowest BCUT2D eigenvalue weighted by atomic mass is 9.89. The second-order valence-corrected chi connectivity index (χ2v) is 7.66. The van der Waals surface area contributed by atoms with Gasteiger partial charge in [0.1, 0.15) is 11.4 Å². The lowest BCUT2D eigenvalue weighted by molar-refractivity contribution is 0.0696. The van der Waals surface area contributed by atoms with E-state index in [1.165, 1.54) is 12.1 Å². The number of benzene rings is 1.